The Balaban J connectivity index is 2.23. The van der Waals surface area contributed by atoms with Crippen molar-refractivity contribution in [3.63, 3.8) is 0 Å². The summed E-state index contributed by atoms with van der Waals surface area (Å²) in [5, 5.41) is 8.80. The fraction of sp³-hybridized carbons (Fsp3) is 0.700. The van der Waals surface area contributed by atoms with Crippen molar-refractivity contribution in [3.8, 4) is 0 Å². The molecule has 0 aromatic heterocycles. The van der Waals surface area contributed by atoms with Crippen LogP contribution in [-0.4, -0.2) is 19.1 Å². The Morgan fingerprint density at radius 3 is 2.31 bits per heavy atom. The summed E-state index contributed by atoms with van der Waals surface area (Å²) < 4.78 is 0. The number of carboxylic acids is 1. The number of rotatable bonds is 3. The Morgan fingerprint density at radius 1 is 1.54 bits per heavy atom. The molecule has 0 aromatic carbocycles. The Bertz CT molecular complexity index is 297. The van der Waals surface area contributed by atoms with E-state index in [1.807, 2.05) is 6.08 Å². The number of hydrogen-bond donors (Lipinski definition) is 1. The molecule has 1 atom stereocenters. The van der Waals surface area contributed by atoms with Crippen LogP contribution in [0, 0.1) is 5.92 Å². The van der Waals surface area contributed by atoms with Crippen molar-refractivity contribution in [2.75, 3.05) is 0 Å². The van der Waals surface area contributed by atoms with Crippen molar-refractivity contribution in [3.05, 3.63) is 11.6 Å². The van der Waals surface area contributed by atoms with Crippen molar-refractivity contribution < 1.29 is 9.90 Å². The molecule has 1 saturated carbocycles. The van der Waals surface area contributed by atoms with Crippen LogP contribution in [0.4, 0.5) is 0 Å². The molecular weight excluding hydrogens is 180 g/mol. The summed E-state index contributed by atoms with van der Waals surface area (Å²) >= 11 is 0. The third-order valence-electron chi connectivity index (χ3n) is 3.28. The Morgan fingerprint density at radius 2 is 2.08 bits per heavy atom. The van der Waals surface area contributed by atoms with Crippen LogP contribution < -0.4 is 0 Å². The van der Waals surface area contributed by atoms with Crippen LogP contribution in [0.1, 0.15) is 12.8 Å². The summed E-state index contributed by atoms with van der Waals surface area (Å²) in [5.41, 5.74) is 1.25. The van der Waals surface area contributed by atoms with E-state index in [1.54, 1.807) is 0 Å². The molecule has 2 aliphatic rings. The van der Waals surface area contributed by atoms with Gasteiger partial charge in [-0.1, -0.05) is 31.3 Å². The fourth-order valence-electron chi connectivity index (χ4n) is 2.19. The molecule has 2 nitrogen and oxygen atoms in total. The number of carbonyl (C=O) groups is 1. The predicted molar refractivity (Wildman–Crippen MR) is 54.5 cm³/mol. The second-order valence-corrected chi connectivity index (χ2v) is 10.5. The van der Waals surface area contributed by atoms with Gasteiger partial charge in [-0.15, -0.1) is 0 Å². The molecule has 0 spiro atoms. The van der Waals surface area contributed by atoms with Gasteiger partial charge >= 0.3 is 5.97 Å². The number of hydrogen-bond acceptors (Lipinski definition) is 1. The lowest BCUT2D eigenvalue weighted by atomic mass is 10.2. The Kier molecular flexibility index (Phi) is 1.57. The maximum absolute atomic E-state index is 11.3. The highest BCUT2D eigenvalue weighted by Crippen LogP contribution is 2.66. The lowest BCUT2D eigenvalue weighted by Crippen LogP contribution is -2.38. The SMILES string of the molecule is C[Si](C)(C)C1(C(=O)O)C=C1C1CC1. The summed E-state index contributed by atoms with van der Waals surface area (Å²) in [4.78, 5) is 11.3. The lowest BCUT2D eigenvalue weighted by molar-refractivity contribution is -0.137. The van der Waals surface area contributed by atoms with E-state index in [2.05, 4.69) is 19.6 Å². The second-order valence-electron chi connectivity index (χ2n) is 5.24. The molecule has 1 N–H and O–H groups in total. The zero-order valence-corrected chi connectivity index (χ0v) is 9.42. The lowest BCUT2D eigenvalue weighted by Gasteiger charge is -2.27. The fourth-order valence-corrected chi connectivity index (χ4v) is 4.49. The third kappa shape index (κ3) is 1.10. The van der Waals surface area contributed by atoms with E-state index in [0.29, 0.717) is 5.92 Å². The molecule has 0 radical (unpaired) electrons. The summed E-state index contributed by atoms with van der Waals surface area (Å²) in [6.45, 7) is 6.44. The summed E-state index contributed by atoms with van der Waals surface area (Å²) in [7, 11) is -1.61. The van der Waals surface area contributed by atoms with E-state index >= 15 is 0 Å². The molecule has 1 unspecified atom stereocenters. The molecule has 2 rings (SSSR count). The van der Waals surface area contributed by atoms with Gasteiger partial charge < -0.3 is 5.11 Å². The van der Waals surface area contributed by atoms with Gasteiger partial charge in [-0.05, 0) is 18.8 Å². The average Bonchev–Trinajstić information content (AvgIpc) is 2.80. The van der Waals surface area contributed by atoms with Crippen LogP contribution in [0.2, 0.25) is 24.7 Å². The predicted octanol–water partition coefficient (Wildman–Crippen LogP) is 2.50. The number of carboxylic acid groups (broad SMARTS) is 1. The second kappa shape index (κ2) is 2.26. The molecule has 13 heavy (non-hydrogen) atoms. The molecule has 0 bridgehead atoms. The van der Waals surface area contributed by atoms with Gasteiger partial charge in [-0.3, -0.25) is 4.79 Å². The highest BCUT2D eigenvalue weighted by Gasteiger charge is 2.62. The third-order valence-corrected chi connectivity index (χ3v) is 6.29. The molecule has 0 aliphatic heterocycles. The molecule has 0 amide bonds. The molecule has 0 aromatic rings. The maximum atomic E-state index is 11.3. The molecular formula is C10H16O2Si. The molecule has 3 heteroatoms. The quantitative estimate of drug-likeness (QED) is 0.556. The van der Waals surface area contributed by atoms with Crippen LogP contribution in [-0.2, 0) is 4.79 Å². The van der Waals surface area contributed by atoms with Crippen molar-refractivity contribution >= 4 is 14.0 Å². The topological polar surface area (TPSA) is 37.3 Å². The molecule has 72 valence electrons. The van der Waals surface area contributed by atoms with Gasteiger partial charge in [0.1, 0.15) is 0 Å². The Hall–Kier alpha value is -0.573. The summed E-state index contributed by atoms with van der Waals surface area (Å²) in [6.07, 6.45) is 4.45. The Labute approximate surface area is 79.7 Å². The molecule has 1 fully saturated rings. The maximum Gasteiger partial charge on any atom is 0.314 e. The monoisotopic (exact) mass is 196 g/mol. The van der Waals surface area contributed by atoms with Crippen LogP contribution >= 0.6 is 0 Å². The minimum Gasteiger partial charge on any atom is -0.481 e. The van der Waals surface area contributed by atoms with Crippen LogP contribution in [0.5, 0.6) is 0 Å². The van der Waals surface area contributed by atoms with Crippen LogP contribution in [0.15, 0.2) is 11.6 Å². The van der Waals surface area contributed by atoms with Gasteiger partial charge in [0, 0.05) is 0 Å². The zero-order chi connectivity index (χ0) is 9.85. The van der Waals surface area contributed by atoms with Crippen LogP contribution in [0.25, 0.3) is 0 Å². The minimum atomic E-state index is -1.61. The van der Waals surface area contributed by atoms with Gasteiger partial charge in [0.15, 0.2) is 0 Å². The van der Waals surface area contributed by atoms with Crippen molar-refractivity contribution in [1.82, 2.24) is 0 Å². The van der Waals surface area contributed by atoms with Gasteiger partial charge in [0.25, 0.3) is 0 Å². The summed E-state index contributed by atoms with van der Waals surface area (Å²) in [6, 6.07) is 0. The largest absolute Gasteiger partial charge is 0.481 e. The van der Waals surface area contributed by atoms with E-state index < -0.39 is 19.1 Å². The molecule has 0 saturated heterocycles. The number of aliphatic carboxylic acids is 1. The molecule has 0 heterocycles. The first kappa shape index (κ1) is 9.00. The van der Waals surface area contributed by atoms with Crippen LogP contribution in [0.3, 0.4) is 0 Å². The van der Waals surface area contributed by atoms with Gasteiger partial charge in [-0.25, -0.2) is 0 Å². The van der Waals surface area contributed by atoms with E-state index in [-0.39, 0.29) is 0 Å². The highest BCUT2D eigenvalue weighted by molar-refractivity contribution is 6.85. The highest BCUT2D eigenvalue weighted by atomic mass is 28.3. The standard InChI is InChI=1S/C10H16O2Si/c1-13(2,3)10(9(11)12)6-8(10)7-4-5-7/h6-7H,4-5H2,1-3H3,(H,11,12). The first-order valence-corrected chi connectivity index (χ1v) is 8.36. The smallest absolute Gasteiger partial charge is 0.314 e. The van der Waals surface area contributed by atoms with Crippen molar-refractivity contribution in [2.24, 2.45) is 5.92 Å². The normalized spacial score (nSPS) is 32.7. The van der Waals surface area contributed by atoms with Crippen molar-refractivity contribution in [1.29, 1.82) is 0 Å². The van der Waals surface area contributed by atoms with E-state index in [4.69, 9.17) is 0 Å². The van der Waals surface area contributed by atoms with Gasteiger partial charge in [0.2, 0.25) is 0 Å². The molecule has 2 aliphatic carbocycles. The van der Waals surface area contributed by atoms with Gasteiger partial charge in [0.05, 0.1) is 13.1 Å². The van der Waals surface area contributed by atoms with E-state index in [9.17, 15) is 9.90 Å². The zero-order valence-electron chi connectivity index (χ0n) is 8.42. The summed E-state index contributed by atoms with van der Waals surface area (Å²) in [5.74, 6) is 0.0244. The van der Waals surface area contributed by atoms with Gasteiger partial charge in [-0.2, -0.15) is 0 Å². The minimum absolute atomic E-state index is 0.464. The first-order valence-electron chi connectivity index (χ1n) is 4.86. The van der Waals surface area contributed by atoms with E-state index in [1.165, 1.54) is 18.4 Å². The average molecular weight is 196 g/mol. The first-order chi connectivity index (χ1) is 5.89. The van der Waals surface area contributed by atoms with E-state index in [0.717, 1.165) is 0 Å². The van der Waals surface area contributed by atoms with Crippen molar-refractivity contribution in [2.45, 2.75) is 37.5 Å².